The van der Waals surface area contributed by atoms with E-state index in [9.17, 15) is 14.9 Å². The van der Waals surface area contributed by atoms with Crippen molar-refractivity contribution < 1.29 is 9.72 Å². The maximum atomic E-state index is 12.1. The molecule has 1 amide bonds. The molecule has 0 aromatic heterocycles. The van der Waals surface area contributed by atoms with Crippen molar-refractivity contribution in [2.45, 2.75) is 52.0 Å². The number of nitrogens with zero attached hydrogens (tertiary/aromatic N) is 1. The first kappa shape index (κ1) is 16.1. The van der Waals surface area contributed by atoms with Crippen molar-refractivity contribution in [2.24, 2.45) is 0 Å². The molecule has 0 saturated heterocycles. The molecule has 0 aliphatic heterocycles. The van der Waals surface area contributed by atoms with Crippen LogP contribution in [0.4, 0.5) is 5.69 Å². The van der Waals surface area contributed by atoms with Crippen LogP contribution in [-0.2, 0) is 0 Å². The standard InChI is InChI=1S/C15H22N2O3/c1-4-5-6-11-15(2,3)16-14(18)12-7-9-13(10-8-12)17(19)20/h7-10H,4-6,11H2,1-3H3,(H,16,18). The molecule has 0 fully saturated rings. The van der Waals surface area contributed by atoms with Crippen molar-refractivity contribution in [2.75, 3.05) is 0 Å². The van der Waals surface area contributed by atoms with E-state index >= 15 is 0 Å². The van der Waals surface area contributed by atoms with E-state index < -0.39 is 4.92 Å². The first-order valence-corrected chi connectivity index (χ1v) is 6.92. The summed E-state index contributed by atoms with van der Waals surface area (Å²) < 4.78 is 0. The molecule has 1 aromatic rings. The summed E-state index contributed by atoms with van der Waals surface area (Å²) in [6.45, 7) is 6.13. The summed E-state index contributed by atoms with van der Waals surface area (Å²) in [6, 6.07) is 5.66. The predicted octanol–water partition coefficient (Wildman–Crippen LogP) is 3.68. The zero-order valence-corrected chi connectivity index (χ0v) is 12.3. The number of nitrogens with one attached hydrogen (secondary N) is 1. The number of carbonyl (C=O) groups is 1. The van der Waals surface area contributed by atoms with Gasteiger partial charge in [-0.15, -0.1) is 0 Å². The van der Waals surface area contributed by atoms with Crippen LogP contribution < -0.4 is 5.32 Å². The van der Waals surface area contributed by atoms with Gasteiger partial charge in [0.2, 0.25) is 0 Å². The number of amides is 1. The fourth-order valence-electron chi connectivity index (χ4n) is 1.99. The van der Waals surface area contributed by atoms with E-state index in [0.717, 1.165) is 25.7 Å². The topological polar surface area (TPSA) is 72.2 Å². The second-order valence-corrected chi connectivity index (χ2v) is 5.60. The van der Waals surface area contributed by atoms with Crippen molar-refractivity contribution >= 4 is 11.6 Å². The average Bonchev–Trinajstić information content (AvgIpc) is 2.38. The monoisotopic (exact) mass is 278 g/mol. The number of hydrogen-bond donors (Lipinski definition) is 1. The Morgan fingerprint density at radius 1 is 1.25 bits per heavy atom. The largest absolute Gasteiger partial charge is 0.347 e. The molecule has 0 unspecified atom stereocenters. The van der Waals surface area contributed by atoms with E-state index in [1.807, 2.05) is 13.8 Å². The van der Waals surface area contributed by atoms with Gasteiger partial charge in [0.15, 0.2) is 0 Å². The Hall–Kier alpha value is -1.91. The molecule has 0 radical (unpaired) electrons. The summed E-state index contributed by atoms with van der Waals surface area (Å²) in [5, 5.41) is 13.5. The van der Waals surface area contributed by atoms with Gasteiger partial charge in [-0.25, -0.2) is 0 Å². The molecule has 0 spiro atoms. The Bertz CT molecular complexity index is 467. The minimum absolute atomic E-state index is 0.0104. The lowest BCUT2D eigenvalue weighted by atomic mass is 9.96. The zero-order chi connectivity index (χ0) is 15.2. The molecular formula is C15H22N2O3. The van der Waals surface area contributed by atoms with Crippen LogP contribution in [0.3, 0.4) is 0 Å². The summed E-state index contributed by atoms with van der Waals surface area (Å²) >= 11 is 0. The van der Waals surface area contributed by atoms with Crippen molar-refractivity contribution in [3.8, 4) is 0 Å². The molecule has 20 heavy (non-hydrogen) atoms. The zero-order valence-electron chi connectivity index (χ0n) is 12.3. The van der Waals surface area contributed by atoms with Gasteiger partial charge in [0, 0.05) is 23.2 Å². The molecule has 0 atom stereocenters. The molecule has 1 aromatic carbocycles. The summed E-state index contributed by atoms with van der Waals surface area (Å²) in [6.07, 6.45) is 4.28. The van der Waals surface area contributed by atoms with Gasteiger partial charge in [-0.3, -0.25) is 14.9 Å². The lowest BCUT2D eigenvalue weighted by Gasteiger charge is -2.26. The Balaban J connectivity index is 2.63. The molecule has 0 saturated carbocycles. The van der Waals surface area contributed by atoms with Gasteiger partial charge in [0.1, 0.15) is 0 Å². The van der Waals surface area contributed by atoms with Crippen molar-refractivity contribution in [3.63, 3.8) is 0 Å². The van der Waals surface area contributed by atoms with E-state index in [2.05, 4.69) is 12.2 Å². The van der Waals surface area contributed by atoms with Crippen molar-refractivity contribution in [1.29, 1.82) is 0 Å². The first-order valence-electron chi connectivity index (χ1n) is 6.92. The van der Waals surface area contributed by atoms with Gasteiger partial charge in [0.25, 0.3) is 11.6 Å². The number of nitro groups is 1. The highest BCUT2D eigenvalue weighted by Crippen LogP contribution is 2.16. The molecule has 0 aliphatic carbocycles. The van der Waals surface area contributed by atoms with Crippen LogP contribution in [0.5, 0.6) is 0 Å². The third kappa shape index (κ3) is 4.99. The SMILES string of the molecule is CCCCCC(C)(C)NC(=O)c1ccc([N+](=O)[O-])cc1. The van der Waals surface area contributed by atoms with Crippen LogP contribution in [0.1, 0.15) is 56.8 Å². The van der Waals surface area contributed by atoms with Crippen LogP contribution >= 0.6 is 0 Å². The lowest BCUT2D eigenvalue weighted by molar-refractivity contribution is -0.384. The number of hydrogen-bond acceptors (Lipinski definition) is 3. The van der Waals surface area contributed by atoms with Gasteiger partial charge in [-0.2, -0.15) is 0 Å². The summed E-state index contributed by atoms with van der Waals surface area (Å²) in [5.74, 6) is -0.193. The molecule has 1 N–H and O–H groups in total. The molecular weight excluding hydrogens is 256 g/mol. The normalized spacial score (nSPS) is 11.2. The summed E-state index contributed by atoms with van der Waals surface area (Å²) in [4.78, 5) is 22.2. The smallest absolute Gasteiger partial charge is 0.269 e. The fraction of sp³-hybridized carbons (Fsp3) is 0.533. The molecule has 1 rings (SSSR count). The van der Waals surface area contributed by atoms with Crippen LogP contribution in [0.2, 0.25) is 0 Å². The van der Waals surface area contributed by atoms with Crippen LogP contribution in [0, 0.1) is 10.1 Å². The summed E-state index contributed by atoms with van der Waals surface area (Å²) in [7, 11) is 0. The Morgan fingerprint density at radius 2 is 1.85 bits per heavy atom. The third-order valence-electron chi connectivity index (χ3n) is 3.20. The number of rotatable bonds is 7. The number of carbonyl (C=O) groups excluding carboxylic acids is 1. The van der Waals surface area contributed by atoms with Gasteiger partial charge >= 0.3 is 0 Å². The maximum absolute atomic E-state index is 12.1. The Morgan fingerprint density at radius 3 is 2.35 bits per heavy atom. The minimum Gasteiger partial charge on any atom is -0.347 e. The van der Waals surface area contributed by atoms with Crippen molar-refractivity contribution in [3.05, 3.63) is 39.9 Å². The second kappa shape index (κ2) is 7.03. The highest BCUT2D eigenvalue weighted by Gasteiger charge is 2.20. The van der Waals surface area contributed by atoms with E-state index in [-0.39, 0.29) is 17.1 Å². The van der Waals surface area contributed by atoms with Crippen LogP contribution in [0.25, 0.3) is 0 Å². The first-order chi connectivity index (χ1) is 9.35. The maximum Gasteiger partial charge on any atom is 0.269 e. The van der Waals surface area contributed by atoms with Crippen molar-refractivity contribution in [1.82, 2.24) is 5.32 Å². The molecule has 0 bridgehead atoms. The van der Waals surface area contributed by atoms with Gasteiger partial charge in [0.05, 0.1) is 4.92 Å². The fourth-order valence-corrected chi connectivity index (χ4v) is 1.99. The molecule has 5 nitrogen and oxygen atoms in total. The molecule has 110 valence electrons. The second-order valence-electron chi connectivity index (χ2n) is 5.60. The van der Waals surface area contributed by atoms with E-state index in [1.54, 1.807) is 0 Å². The minimum atomic E-state index is -0.476. The van der Waals surface area contributed by atoms with E-state index in [1.165, 1.54) is 24.3 Å². The number of unbranched alkanes of at least 4 members (excludes halogenated alkanes) is 2. The Kier molecular flexibility index (Phi) is 5.67. The van der Waals surface area contributed by atoms with Crippen LogP contribution in [0.15, 0.2) is 24.3 Å². The van der Waals surface area contributed by atoms with Crippen LogP contribution in [-0.4, -0.2) is 16.4 Å². The van der Waals surface area contributed by atoms with E-state index in [4.69, 9.17) is 0 Å². The van der Waals surface area contributed by atoms with Gasteiger partial charge < -0.3 is 5.32 Å². The highest BCUT2D eigenvalue weighted by molar-refractivity contribution is 5.94. The van der Waals surface area contributed by atoms with Gasteiger partial charge in [-0.1, -0.05) is 26.2 Å². The number of non-ortho nitro benzene ring substituents is 1. The number of benzene rings is 1. The van der Waals surface area contributed by atoms with E-state index in [0.29, 0.717) is 5.56 Å². The van der Waals surface area contributed by atoms with Gasteiger partial charge in [-0.05, 0) is 32.4 Å². The third-order valence-corrected chi connectivity index (χ3v) is 3.20. The molecule has 0 heterocycles. The average molecular weight is 278 g/mol. The highest BCUT2D eigenvalue weighted by atomic mass is 16.6. The lowest BCUT2D eigenvalue weighted by Crippen LogP contribution is -2.43. The molecule has 0 aliphatic rings. The quantitative estimate of drug-likeness (QED) is 0.469. The summed E-state index contributed by atoms with van der Waals surface area (Å²) in [5.41, 5.74) is 0.163. The predicted molar refractivity (Wildman–Crippen MR) is 78.8 cm³/mol. The molecule has 5 heteroatoms. The number of nitro benzene ring substituents is 1. The Labute approximate surface area is 119 Å².